The number of sulfonamides is 1. The zero-order valence-corrected chi connectivity index (χ0v) is 15.0. The molecule has 0 bridgehead atoms. The van der Waals surface area contributed by atoms with E-state index in [2.05, 4.69) is 10.0 Å². The first-order chi connectivity index (χ1) is 11.9. The smallest absolute Gasteiger partial charge is 0.253 e. The number of nitrogens with zero attached hydrogens (tertiary/aromatic N) is 1. The van der Waals surface area contributed by atoms with Crippen molar-refractivity contribution in [2.45, 2.75) is 17.7 Å². The van der Waals surface area contributed by atoms with Crippen LogP contribution in [0.25, 0.3) is 0 Å². The Bertz CT molecular complexity index is 718. The number of benzene rings is 1. The second-order valence-corrected chi connectivity index (χ2v) is 7.79. The molecule has 1 heterocycles. The summed E-state index contributed by atoms with van der Waals surface area (Å²) >= 11 is 0. The van der Waals surface area contributed by atoms with Crippen molar-refractivity contribution in [2.24, 2.45) is 11.7 Å². The highest BCUT2D eigenvalue weighted by molar-refractivity contribution is 7.89. The van der Waals surface area contributed by atoms with E-state index in [-0.39, 0.29) is 22.6 Å². The van der Waals surface area contributed by atoms with E-state index in [0.717, 1.165) is 12.8 Å². The zero-order valence-electron chi connectivity index (χ0n) is 14.2. The van der Waals surface area contributed by atoms with Crippen LogP contribution in [0.2, 0.25) is 0 Å². The van der Waals surface area contributed by atoms with Gasteiger partial charge in [-0.15, -0.1) is 0 Å². The summed E-state index contributed by atoms with van der Waals surface area (Å²) in [6.07, 6.45) is 1.48. The normalized spacial score (nSPS) is 18.0. The predicted octanol–water partition coefficient (Wildman–Crippen LogP) is -0.478. The van der Waals surface area contributed by atoms with Gasteiger partial charge in [-0.3, -0.25) is 9.59 Å². The molecule has 0 aromatic heterocycles. The minimum atomic E-state index is -3.53. The molecular weight excluding hydrogens is 344 g/mol. The van der Waals surface area contributed by atoms with Crippen molar-refractivity contribution >= 4 is 21.8 Å². The van der Waals surface area contributed by atoms with Gasteiger partial charge in [-0.2, -0.15) is 0 Å². The van der Waals surface area contributed by atoms with Gasteiger partial charge in [0.1, 0.15) is 0 Å². The van der Waals surface area contributed by atoms with E-state index < -0.39 is 10.0 Å². The molecule has 1 fully saturated rings. The van der Waals surface area contributed by atoms with Crippen LogP contribution >= 0.6 is 0 Å². The number of likely N-dealkylation sites (tertiary alicyclic amines) is 1. The van der Waals surface area contributed by atoms with E-state index in [1.807, 2.05) is 0 Å². The van der Waals surface area contributed by atoms with Crippen molar-refractivity contribution in [1.29, 1.82) is 0 Å². The number of carbonyl (C=O) groups excluding carboxylic acids is 2. The molecule has 1 saturated heterocycles. The predicted molar refractivity (Wildman–Crippen MR) is 93.4 cm³/mol. The summed E-state index contributed by atoms with van der Waals surface area (Å²) in [6, 6.07) is 5.78. The van der Waals surface area contributed by atoms with E-state index in [1.54, 1.807) is 4.90 Å². The number of nitrogens with two attached hydrogens (primary N) is 1. The quantitative estimate of drug-likeness (QED) is 0.626. The molecule has 25 heavy (non-hydrogen) atoms. The lowest BCUT2D eigenvalue weighted by Crippen LogP contribution is -2.46. The molecule has 0 saturated carbocycles. The van der Waals surface area contributed by atoms with E-state index >= 15 is 0 Å². The van der Waals surface area contributed by atoms with Crippen molar-refractivity contribution in [3.63, 3.8) is 0 Å². The summed E-state index contributed by atoms with van der Waals surface area (Å²) in [5.41, 5.74) is 5.79. The first kappa shape index (κ1) is 19.4. The third kappa shape index (κ3) is 4.77. The maximum atomic E-state index is 12.6. The van der Waals surface area contributed by atoms with Gasteiger partial charge in [-0.25, -0.2) is 13.1 Å². The van der Waals surface area contributed by atoms with E-state index in [4.69, 9.17) is 5.73 Å². The average Bonchev–Trinajstić information content (AvgIpc) is 2.65. The highest BCUT2D eigenvalue weighted by atomic mass is 32.2. The van der Waals surface area contributed by atoms with E-state index in [0.29, 0.717) is 31.7 Å². The lowest BCUT2D eigenvalue weighted by atomic mass is 9.96. The van der Waals surface area contributed by atoms with E-state index in [1.165, 1.54) is 31.3 Å². The van der Waals surface area contributed by atoms with Crippen LogP contribution in [0, 0.1) is 5.92 Å². The topological polar surface area (TPSA) is 122 Å². The number of amides is 2. The van der Waals surface area contributed by atoms with Crippen LogP contribution in [0.1, 0.15) is 23.2 Å². The summed E-state index contributed by atoms with van der Waals surface area (Å²) in [7, 11) is -2.20. The highest BCUT2D eigenvalue weighted by Gasteiger charge is 2.28. The van der Waals surface area contributed by atoms with Crippen LogP contribution in [-0.2, 0) is 14.8 Å². The van der Waals surface area contributed by atoms with Gasteiger partial charge in [0.2, 0.25) is 15.9 Å². The van der Waals surface area contributed by atoms with Gasteiger partial charge in [0, 0.05) is 31.7 Å². The monoisotopic (exact) mass is 368 g/mol. The molecule has 9 heteroatoms. The molecule has 138 valence electrons. The maximum Gasteiger partial charge on any atom is 0.253 e. The number of carbonyl (C=O) groups is 2. The molecule has 1 aromatic carbocycles. The minimum Gasteiger partial charge on any atom is -0.355 e. The molecular formula is C16H24N4O4S. The largest absolute Gasteiger partial charge is 0.355 e. The molecule has 0 spiro atoms. The molecule has 4 N–H and O–H groups in total. The molecule has 1 aliphatic rings. The van der Waals surface area contributed by atoms with E-state index in [9.17, 15) is 18.0 Å². The Kier molecular flexibility index (Phi) is 6.51. The fourth-order valence-corrected chi connectivity index (χ4v) is 3.52. The van der Waals surface area contributed by atoms with Gasteiger partial charge in [0.15, 0.2) is 0 Å². The Hall–Kier alpha value is -1.97. The number of piperidine rings is 1. The maximum absolute atomic E-state index is 12.6. The Balaban J connectivity index is 2.05. The third-order valence-electron chi connectivity index (χ3n) is 4.20. The Morgan fingerprint density at radius 2 is 1.96 bits per heavy atom. The van der Waals surface area contributed by atoms with Gasteiger partial charge in [0.25, 0.3) is 5.91 Å². The molecule has 0 radical (unpaired) electrons. The standard InChI is InChI=1S/C16H24N4O4S/c1-18-25(23,24)14-6-4-12(5-7-14)16(22)20-10-2-3-13(11-20)15(21)19-9-8-17/h4-7,13,18H,2-3,8-11,17H2,1H3,(H,19,21). The van der Waals surface area contributed by atoms with Crippen LogP contribution in [0.4, 0.5) is 0 Å². The summed E-state index contributed by atoms with van der Waals surface area (Å²) in [4.78, 5) is 26.4. The molecule has 1 atom stereocenters. The van der Waals surface area contributed by atoms with Crippen molar-refractivity contribution in [1.82, 2.24) is 14.9 Å². The van der Waals surface area contributed by atoms with Crippen LogP contribution in [0.3, 0.4) is 0 Å². The van der Waals surface area contributed by atoms with Gasteiger partial charge < -0.3 is 16.0 Å². The second-order valence-electron chi connectivity index (χ2n) is 5.90. The first-order valence-corrected chi connectivity index (χ1v) is 9.68. The third-order valence-corrected chi connectivity index (χ3v) is 5.63. The number of hydrogen-bond acceptors (Lipinski definition) is 5. The zero-order chi connectivity index (χ0) is 18.4. The number of nitrogens with one attached hydrogen (secondary N) is 2. The fourth-order valence-electron chi connectivity index (χ4n) is 2.79. The minimum absolute atomic E-state index is 0.0848. The molecule has 1 aromatic rings. The summed E-state index contributed by atoms with van der Waals surface area (Å²) in [5, 5.41) is 2.76. The number of rotatable bonds is 6. The van der Waals surface area contributed by atoms with Crippen molar-refractivity contribution in [3.05, 3.63) is 29.8 Å². The lowest BCUT2D eigenvalue weighted by molar-refractivity contribution is -0.126. The number of hydrogen-bond donors (Lipinski definition) is 3. The van der Waals surface area contributed by atoms with Crippen LogP contribution in [-0.4, -0.2) is 58.4 Å². The summed E-state index contributed by atoms with van der Waals surface area (Å²) < 4.78 is 25.7. The molecule has 0 aliphatic carbocycles. The van der Waals surface area contributed by atoms with Crippen molar-refractivity contribution in [2.75, 3.05) is 33.2 Å². The second kappa shape index (κ2) is 8.41. The van der Waals surface area contributed by atoms with Crippen molar-refractivity contribution in [3.8, 4) is 0 Å². The molecule has 2 amide bonds. The van der Waals surface area contributed by atoms with Gasteiger partial charge in [-0.05, 0) is 44.2 Å². The van der Waals surface area contributed by atoms with Crippen LogP contribution < -0.4 is 15.8 Å². The molecule has 8 nitrogen and oxygen atoms in total. The SMILES string of the molecule is CNS(=O)(=O)c1ccc(C(=O)N2CCCC(C(=O)NCCN)C2)cc1. The Labute approximate surface area is 147 Å². The van der Waals surface area contributed by atoms with Gasteiger partial charge in [-0.1, -0.05) is 0 Å². The Morgan fingerprint density at radius 3 is 2.56 bits per heavy atom. The Morgan fingerprint density at radius 1 is 1.28 bits per heavy atom. The van der Waals surface area contributed by atoms with Gasteiger partial charge >= 0.3 is 0 Å². The molecule has 2 rings (SSSR count). The highest BCUT2D eigenvalue weighted by Crippen LogP contribution is 2.19. The van der Waals surface area contributed by atoms with Crippen LogP contribution in [0.5, 0.6) is 0 Å². The summed E-state index contributed by atoms with van der Waals surface area (Å²) in [6.45, 7) is 1.73. The molecule has 1 unspecified atom stereocenters. The van der Waals surface area contributed by atoms with Gasteiger partial charge in [0.05, 0.1) is 10.8 Å². The van der Waals surface area contributed by atoms with Crippen molar-refractivity contribution < 1.29 is 18.0 Å². The first-order valence-electron chi connectivity index (χ1n) is 8.19. The average molecular weight is 368 g/mol. The lowest BCUT2D eigenvalue weighted by Gasteiger charge is -2.32. The fraction of sp³-hybridized carbons (Fsp3) is 0.500. The van der Waals surface area contributed by atoms with Crippen LogP contribution in [0.15, 0.2) is 29.2 Å². The summed E-state index contributed by atoms with van der Waals surface area (Å²) in [5.74, 6) is -0.531. The molecule has 1 aliphatic heterocycles.